The summed E-state index contributed by atoms with van der Waals surface area (Å²) >= 11 is 0. The van der Waals surface area contributed by atoms with Crippen LogP contribution in [0.15, 0.2) is 30.6 Å². The second-order valence-corrected chi connectivity index (χ2v) is 5.32. The molecule has 1 heterocycles. The summed E-state index contributed by atoms with van der Waals surface area (Å²) in [5, 5.41) is 22.6. The van der Waals surface area contributed by atoms with Gasteiger partial charge in [-0.2, -0.15) is 0 Å². The molecule has 1 fully saturated rings. The van der Waals surface area contributed by atoms with E-state index in [0.29, 0.717) is 0 Å². The maximum atomic E-state index is 12.0. The van der Waals surface area contributed by atoms with Gasteiger partial charge < -0.3 is 10.4 Å². The zero-order chi connectivity index (χ0) is 15.5. The molecule has 1 aromatic carbocycles. The summed E-state index contributed by atoms with van der Waals surface area (Å²) in [5.74, 6) is -1.18. The molecule has 8 nitrogen and oxygen atoms in total. The number of carboxylic acids is 1. The minimum atomic E-state index is -0.968. The highest BCUT2D eigenvalue weighted by molar-refractivity contribution is 5.85. The maximum Gasteiger partial charge on any atom is 0.326 e. The Bertz CT molecular complexity index is 664. The van der Waals surface area contributed by atoms with Crippen LogP contribution in [0.5, 0.6) is 0 Å². The summed E-state index contributed by atoms with van der Waals surface area (Å²) in [6, 6.07) is 6.42. The third-order valence-corrected chi connectivity index (χ3v) is 3.59. The first kappa shape index (κ1) is 14.2. The van der Waals surface area contributed by atoms with Crippen LogP contribution >= 0.6 is 0 Å². The van der Waals surface area contributed by atoms with Gasteiger partial charge in [0.05, 0.1) is 12.1 Å². The van der Waals surface area contributed by atoms with Crippen LogP contribution in [0.2, 0.25) is 0 Å². The topological polar surface area (TPSA) is 110 Å². The van der Waals surface area contributed by atoms with Gasteiger partial charge in [0.1, 0.15) is 12.4 Å². The molecule has 114 valence electrons. The molecule has 1 aliphatic rings. The standard InChI is InChI=1S/C14H15N5O3/c20-12(16-13(14(21)22)10-3-4-10)7-9-1-5-11(6-2-9)19-8-15-17-18-19/h1-2,5-6,8,10,13H,3-4,7H2,(H,16,20)(H,21,22). The van der Waals surface area contributed by atoms with Crippen molar-refractivity contribution in [2.24, 2.45) is 5.92 Å². The van der Waals surface area contributed by atoms with Gasteiger partial charge in [-0.05, 0) is 46.9 Å². The van der Waals surface area contributed by atoms with Gasteiger partial charge in [0.2, 0.25) is 5.91 Å². The van der Waals surface area contributed by atoms with E-state index in [4.69, 9.17) is 5.11 Å². The lowest BCUT2D eigenvalue weighted by atomic mass is 10.1. The summed E-state index contributed by atoms with van der Waals surface area (Å²) < 4.78 is 1.51. The van der Waals surface area contributed by atoms with Gasteiger partial charge in [-0.1, -0.05) is 12.1 Å². The summed E-state index contributed by atoms with van der Waals surface area (Å²) in [7, 11) is 0. The maximum absolute atomic E-state index is 12.0. The highest BCUT2D eigenvalue weighted by atomic mass is 16.4. The van der Waals surface area contributed by atoms with Crippen LogP contribution < -0.4 is 5.32 Å². The monoisotopic (exact) mass is 301 g/mol. The lowest BCUT2D eigenvalue weighted by Gasteiger charge is -2.13. The van der Waals surface area contributed by atoms with Crippen LogP contribution in [0.25, 0.3) is 5.69 Å². The molecule has 3 rings (SSSR count). The fraction of sp³-hybridized carbons (Fsp3) is 0.357. The molecule has 1 saturated carbocycles. The molecule has 0 aliphatic heterocycles. The van der Waals surface area contributed by atoms with E-state index >= 15 is 0 Å². The number of nitrogens with zero attached hydrogens (tertiary/aromatic N) is 4. The average Bonchev–Trinajstić information content (AvgIpc) is 3.19. The van der Waals surface area contributed by atoms with Crippen molar-refractivity contribution >= 4 is 11.9 Å². The van der Waals surface area contributed by atoms with Crippen molar-refractivity contribution in [3.05, 3.63) is 36.2 Å². The molecule has 1 aromatic heterocycles. The molecule has 1 amide bonds. The molecule has 0 radical (unpaired) electrons. The van der Waals surface area contributed by atoms with Crippen molar-refractivity contribution in [1.82, 2.24) is 25.5 Å². The number of carbonyl (C=O) groups is 2. The Hall–Kier alpha value is -2.77. The number of nitrogens with one attached hydrogen (secondary N) is 1. The van der Waals surface area contributed by atoms with Crippen LogP contribution in [-0.4, -0.2) is 43.2 Å². The van der Waals surface area contributed by atoms with Gasteiger partial charge in [0, 0.05) is 0 Å². The minimum Gasteiger partial charge on any atom is -0.480 e. The van der Waals surface area contributed by atoms with E-state index in [-0.39, 0.29) is 18.2 Å². The third-order valence-electron chi connectivity index (χ3n) is 3.59. The first-order chi connectivity index (χ1) is 10.6. The number of carbonyl (C=O) groups excluding carboxylic acids is 1. The van der Waals surface area contributed by atoms with Crippen molar-refractivity contribution in [3.8, 4) is 5.69 Å². The largest absolute Gasteiger partial charge is 0.480 e. The predicted molar refractivity (Wildman–Crippen MR) is 75.1 cm³/mol. The molecule has 1 unspecified atom stereocenters. The lowest BCUT2D eigenvalue weighted by molar-refractivity contribution is -0.142. The zero-order valence-corrected chi connectivity index (χ0v) is 11.7. The second-order valence-electron chi connectivity index (χ2n) is 5.32. The molecule has 0 saturated heterocycles. The number of amides is 1. The fourth-order valence-corrected chi connectivity index (χ4v) is 2.27. The number of tetrazole rings is 1. The molecule has 0 bridgehead atoms. The summed E-state index contributed by atoms with van der Waals surface area (Å²) in [6.07, 6.45) is 3.34. The first-order valence-corrected chi connectivity index (χ1v) is 6.98. The first-order valence-electron chi connectivity index (χ1n) is 6.98. The SMILES string of the molecule is O=C(Cc1ccc(-n2cnnn2)cc1)NC(C(=O)O)C1CC1. The Kier molecular flexibility index (Phi) is 3.82. The summed E-state index contributed by atoms with van der Waals surface area (Å²) in [6.45, 7) is 0. The van der Waals surface area contributed by atoms with E-state index in [2.05, 4.69) is 20.8 Å². The van der Waals surface area contributed by atoms with E-state index in [0.717, 1.165) is 24.1 Å². The van der Waals surface area contributed by atoms with Crippen LogP contribution in [0.1, 0.15) is 18.4 Å². The Morgan fingerprint density at radius 1 is 1.32 bits per heavy atom. The van der Waals surface area contributed by atoms with Gasteiger partial charge in [-0.15, -0.1) is 5.10 Å². The van der Waals surface area contributed by atoms with E-state index < -0.39 is 12.0 Å². The van der Waals surface area contributed by atoms with Crippen molar-refractivity contribution in [1.29, 1.82) is 0 Å². The normalized spacial score (nSPS) is 15.3. The van der Waals surface area contributed by atoms with Crippen LogP contribution in [0.4, 0.5) is 0 Å². The van der Waals surface area contributed by atoms with Crippen molar-refractivity contribution in [2.75, 3.05) is 0 Å². The summed E-state index contributed by atoms with van der Waals surface area (Å²) in [4.78, 5) is 23.1. The number of hydrogen-bond acceptors (Lipinski definition) is 5. The van der Waals surface area contributed by atoms with Crippen molar-refractivity contribution in [2.45, 2.75) is 25.3 Å². The molecule has 1 aliphatic carbocycles. The van der Waals surface area contributed by atoms with E-state index in [1.54, 1.807) is 24.3 Å². The minimum absolute atomic E-state index is 0.0728. The molecule has 8 heteroatoms. The number of rotatable bonds is 6. The predicted octanol–water partition coefficient (Wildman–Crippen LogP) is 0.184. The molecular weight excluding hydrogens is 286 g/mol. The molecule has 2 N–H and O–H groups in total. The average molecular weight is 301 g/mol. The Balaban J connectivity index is 1.60. The van der Waals surface area contributed by atoms with E-state index in [1.165, 1.54) is 11.0 Å². The van der Waals surface area contributed by atoms with Crippen LogP contribution in [0, 0.1) is 5.92 Å². The Morgan fingerprint density at radius 2 is 2.05 bits per heavy atom. The number of hydrogen-bond donors (Lipinski definition) is 2. The Morgan fingerprint density at radius 3 is 2.59 bits per heavy atom. The molecular formula is C14H15N5O3. The van der Waals surface area contributed by atoms with Crippen molar-refractivity contribution < 1.29 is 14.7 Å². The van der Waals surface area contributed by atoms with Gasteiger partial charge in [0.25, 0.3) is 0 Å². The smallest absolute Gasteiger partial charge is 0.326 e. The molecule has 1 atom stereocenters. The highest BCUT2D eigenvalue weighted by Crippen LogP contribution is 2.32. The number of carboxylic acid groups (broad SMARTS) is 1. The number of aromatic nitrogens is 4. The van der Waals surface area contributed by atoms with Gasteiger partial charge in [0.15, 0.2) is 0 Å². The van der Waals surface area contributed by atoms with E-state index in [1.807, 2.05) is 0 Å². The van der Waals surface area contributed by atoms with Gasteiger partial charge in [-0.3, -0.25) is 4.79 Å². The van der Waals surface area contributed by atoms with Crippen molar-refractivity contribution in [3.63, 3.8) is 0 Å². The summed E-state index contributed by atoms with van der Waals surface area (Å²) in [5.41, 5.74) is 1.59. The quantitative estimate of drug-likeness (QED) is 0.788. The number of aliphatic carboxylic acids is 1. The van der Waals surface area contributed by atoms with Gasteiger partial charge >= 0.3 is 5.97 Å². The molecule has 0 spiro atoms. The van der Waals surface area contributed by atoms with Crippen LogP contribution in [-0.2, 0) is 16.0 Å². The molecule has 2 aromatic rings. The van der Waals surface area contributed by atoms with Crippen LogP contribution in [0.3, 0.4) is 0 Å². The fourth-order valence-electron chi connectivity index (χ4n) is 2.27. The zero-order valence-electron chi connectivity index (χ0n) is 11.7. The molecule has 22 heavy (non-hydrogen) atoms. The number of benzene rings is 1. The highest BCUT2D eigenvalue weighted by Gasteiger charge is 2.37. The van der Waals surface area contributed by atoms with Gasteiger partial charge in [-0.25, -0.2) is 9.48 Å². The third kappa shape index (κ3) is 3.27. The second kappa shape index (κ2) is 5.92. The van der Waals surface area contributed by atoms with E-state index in [9.17, 15) is 9.59 Å². The lowest BCUT2D eigenvalue weighted by Crippen LogP contribution is -2.43. The Labute approximate surface area is 126 Å².